The van der Waals surface area contributed by atoms with Gasteiger partial charge in [0, 0.05) is 6.04 Å². The third-order valence-electron chi connectivity index (χ3n) is 5.29. The van der Waals surface area contributed by atoms with Crippen LogP contribution in [0.5, 0.6) is 0 Å². The SMILES string of the molecule is CCc1ccc(CC(NN)C2C3CCCCC32)cc1. The number of fused-ring (bicyclic) bond motifs is 1. The monoisotopic (exact) mass is 258 g/mol. The first-order chi connectivity index (χ1) is 9.33. The lowest BCUT2D eigenvalue weighted by Crippen LogP contribution is -2.39. The van der Waals surface area contributed by atoms with Crippen molar-refractivity contribution in [1.82, 2.24) is 5.43 Å². The highest BCUT2D eigenvalue weighted by molar-refractivity contribution is 5.24. The quantitative estimate of drug-likeness (QED) is 0.629. The Bertz CT molecular complexity index is 400. The molecule has 2 nitrogen and oxygen atoms in total. The molecule has 2 fully saturated rings. The van der Waals surface area contributed by atoms with Gasteiger partial charge in [-0.15, -0.1) is 0 Å². The summed E-state index contributed by atoms with van der Waals surface area (Å²) in [6.45, 7) is 2.20. The van der Waals surface area contributed by atoms with E-state index in [0.717, 1.165) is 30.6 Å². The van der Waals surface area contributed by atoms with Gasteiger partial charge >= 0.3 is 0 Å². The Morgan fingerprint density at radius 3 is 2.21 bits per heavy atom. The molecule has 104 valence electrons. The van der Waals surface area contributed by atoms with E-state index in [1.807, 2.05) is 0 Å². The van der Waals surface area contributed by atoms with E-state index in [2.05, 4.69) is 36.6 Å². The Kier molecular flexibility index (Phi) is 3.90. The molecule has 3 N–H and O–H groups in total. The molecule has 2 aliphatic rings. The maximum atomic E-state index is 5.82. The second-order valence-electron chi connectivity index (χ2n) is 6.34. The summed E-state index contributed by atoms with van der Waals surface area (Å²) in [5, 5.41) is 0. The molecule has 1 aromatic rings. The Morgan fingerprint density at radius 1 is 1.11 bits per heavy atom. The summed E-state index contributed by atoms with van der Waals surface area (Å²) in [5.74, 6) is 8.58. The molecule has 19 heavy (non-hydrogen) atoms. The zero-order valence-electron chi connectivity index (χ0n) is 11.9. The molecule has 2 saturated carbocycles. The number of nitrogens with one attached hydrogen (secondary N) is 1. The first kappa shape index (κ1) is 13.1. The van der Waals surface area contributed by atoms with Gasteiger partial charge in [0.2, 0.25) is 0 Å². The fourth-order valence-corrected chi connectivity index (χ4v) is 4.12. The molecule has 0 amide bonds. The van der Waals surface area contributed by atoms with E-state index in [0.29, 0.717) is 6.04 Å². The molecule has 2 aliphatic carbocycles. The molecule has 0 heterocycles. The maximum absolute atomic E-state index is 5.82. The van der Waals surface area contributed by atoms with Crippen LogP contribution in [0, 0.1) is 17.8 Å². The van der Waals surface area contributed by atoms with E-state index >= 15 is 0 Å². The number of nitrogens with two attached hydrogens (primary N) is 1. The normalized spacial score (nSPS) is 30.7. The van der Waals surface area contributed by atoms with Crippen molar-refractivity contribution in [2.24, 2.45) is 23.6 Å². The number of hydrogen-bond donors (Lipinski definition) is 2. The molecule has 0 saturated heterocycles. The number of benzene rings is 1. The Hall–Kier alpha value is -0.860. The van der Waals surface area contributed by atoms with Crippen LogP contribution >= 0.6 is 0 Å². The molecular weight excluding hydrogens is 232 g/mol. The first-order valence-electron chi connectivity index (χ1n) is 7.87. The topological polar surface area (TPSA) is 38.0 Å². The van der Waals surface area contributed by atoms with Gasteiger partial charge in [-0.2, -0.15) is 0 Å². The van der Waals surface area contributed by atoms with Gasteiger partial charge in [0.1, 0.15) is 0 Å². The van der Waals surface area contributed by atoms with Crippen molar-refractivity contribution in [3.8, 4) is 0 Å². The summed E-state index contributed by atoms with van der Waals surface area (Å²) in [6.07, 6.45) is 7.93. The second kappa shape index (κ2) is 5.64. The van der Waals surface area contributed by atoms with E-state index in [4.69, 9.17) is 5.84 Å². The molecule has 0 radical (unpaired) electrons. The van der Waals surface area contributed by atoms with Gasteiger partial charge in [-0.05, 0) is 54.6 Å². The Labute approximate surface area is 116 Å². The van der Waals surface area contributed by atoms with Crippen molar-refractivity contribution in [3.05, 3.63) is 35.4 Å². The average Bonchev–Trinajstić information content (AvgIpc) is 3.20. The van der Waals surface area contributed by atoms with E-state index in [9.17, 15) is 0 Å². The molecule has 0 aromatic heterocycles. The van der Waals surface area contributed by atoms with Crippen LogP contribution in [0.25, 0.3) is 0 Å². The van der Waals surface area contributed by atoms with E-state index in [1.54, 1.807) is 0 Å². The lowest BCUT2D eigenvalue weighted by atomic mass is 9.99. The van der Waals surface area contributed by atoms with Gasteiger partial charge in [-0.25, -0.2) is 0 Å². The van der Waals surface area contributed by atoms with Gasteiger partial charge in [0.05, 0.1) is 0 Å². The van der Waals surface area contributed by atoms with Crippen LogP contribution in [0.3, 0.4) is 0 Å². The van der Waals surface area contributed by atoms with Crippen molar-refractivity contribution in [1.29, 1.82) is 0 Å². The highest BCUT2D eigenvalue weighted by Crippen LogP contribution is 2.57. The molecule has 2 heteroatoms. The van der Waals surface area contributed by atoms with Crippen molar-refractivity contribution < 1.29 is 0 Å². The zero-order valence-corrected chi connectivity index (χ0v) is 11.9. The van der Waals surface area contributed by atoms with Gasteiger partial charge in [0.15, 0.2) is 0 Å². The van der Waals surface area contributed by atoms with Crippen LogP contribution in [-0.4, -0.2) is 6.04 Å². The fraction of sp³-hybridized carbons (Fsp3) is 0.647. The summed E-state index contributed by atoms with van der Waals surface area (Å²) in [5.41, 5.74) is 5.94. The maximum Gasteiger partial charge on any atom is 0.0284 e. The van der Waals surface area contributed by atoms with Gasteiger partial charge in [-0.3, -0.25) is 11.3 Å². The molecule has 3 rings (SSSR count). The number of rotatable bonds is 5. The van der Waals surface area contributed by atoms with Crippen molar-refractivity contribution in [3.63, 3.8) is 0 Å². The van der Waals surface area contributed by atoms with E-state index in [1.165, 1.54) is 36.8 Å². The molecule has 0 bridgehead atoms. The van der Waals surface area contributed by atoms with Crippen LogP contribution in [-0.2, 0) is 12.8 Å². The predicted molar refractivity (Wildman–Crippen MR) is 79.6 cm³/mol. The lowest BCUT2D eigenvalue weighted by Gasteiger charge is -2.16. The summed E-state index contributed by atoms with van der Waals surface area (Å²) >= 11 is 0. The van der Waals surface area contributed by atoms with Crippen LogP contribution in [0.2, 0.25) is 0 Å². The standard InChI is InChI=1S/C17H26N2/c1-2-12-7-9-13(10-8-12)11-16(19-18)17-14-5-3-4-6-15(14)17/h7-10,14-17,19H,2-6,11,18H2,1H3. The Balaban J connectivity index is 1.63. The number of aryl methyl sites for hydroxylation is 1. The summed E-state index contributed by atoms with van der Waals surface area (Å²) in [7, 11) is 0. The first-order valence-corrected chi connectivity index (χ1v) is 7.87. The van der Waals surface area contributed by atoms with Gasteiger partial charge < -0.3 is 0 Å². The van der Waals surface area contributed by atoms with Crippen molar-refractivity contribution >= 4 is 0 Å². The molecule has 3 atom stereocenters. The van der Waals surface area contributed by atoms with Crippen molar-refractivity contribution in [2.45, 2.75) is 51.5 Å². The van der Waals surface area contributed by atoms with Crippen molar-refractivity contribution in [2.75, 3.05) is 0 Å². The molecular formula is C17H26N2. The zero-order chi connectivity index (χ0) is 13.2. The number of hydrazine groups is 1. The third kappa shape index (κ3) is 2.70. The minimum atomic E-state index is 0.473. The van der Waals surface area contributed by atoms with Gasteiger partial charge in [-0.1, -0.05) is 44.0 Å². The third-order valence-corrected chi connectivity index (χ3v) is 5.29. The Morgan fingerprint density at radius 2 is 1.68 bits per heavy atom. The molecule has 1 aromatic carbocycles. The fourth-order valence-electron chi connectivity index (χ4n) is 4.12. The van der Waals surface area contributed by atoms with Crippen LogP contribution < -0.4 is 11.3 Å². The molecule has 3 unspecified atom stereocenters. The molecule has 0 aliphatic heterocycles. The summed E-state index contributed by atoms with van der Waals surface area (Å²) < 4.78 is 0. The van der Waals surface area contributed by atoms with E-state index < -0.39 is 0 Å². The minimum Gasteiger partial charge on any atom is -0.271 e. The summed E-state index contributed by atoms with van der Waals surface area (Å²) in [6, 6.07) is 9.52. The van der Waals surface area contributed by atoms with E-state index in [-0.39, 0.29) is 0 Å². The van der Waals surface area contributed by atoms with Crippen LogP contribution in [0.1, 0.15) is 43.7 Å². The smallest absolute Gasteiger partial charge is 0.0284 e. The number of hydrogen-bond acceptors (Lipinski definition) is 2. The lowest BCUT2D eigenvalue weighted by molar-refractivity contribution is 0.437. The predicted octanol–water partition coefficient (Wildman–Crippen LogP) is 3.06. The van der Waals surface area contributed by atoms with Crippen LogP contribution in [0.4, 0.5) is 0 Å². The highest BCUT2D eigenvalue weighted by atomic mass is 15.2. The summed E-state index contributed by atoms with van der Waals surface area (Å²) in [4.78, 5) is 0. The van der Waals surface area contributed by atoms with Crippen LogP contribution in [0.15, 0.2) is 24.3 Å². The highest BCUT2D eigenvalue weighted by Gasteiger charge is 2.53. The molecule has 0 spiro atoms. The minimum absolute atomic E-state index is 0.473. The largest absolute Gasteiger partial charge is 0.271 e. The second-order valence-corrected chi connectivity index (χ2v) is 6.34. The van der Waals surface area contributed by atoms with Gasteiger partial charge in [0.25, 0.3) is 0 Å². The average molecular weight is 258 g/mol.